The molecule has 0 saturated heterocycles. The van der Waals surface area contributed by atoms with Gasteiger partial charge in [-0.05, 0) is 48.6 Å². The summed E-state index contributed by atoms with van der Waals surface area (Å²) in [4.78, 5) is 31.4. The average molecular weight is 489 g/mol. The third-order valence-electron chi connectivity index (χ3n) is 5.66. The van der Waals surface area contributed by atoms with E-state index in [1.165, 1.54) is 4.88 Å². The van der Waals surface area contributed by atoms with E-state index in [0.717, 1.165) is 18.4 Å². The van der Waals surface area contributed by atoms with Crippen LogP contribution in [0.2, 0.25) is 0 Å². The Kier molecular flexibility index (Phi) is 7.95. The molecule has 2 N–H and O–H groups in total. The largest absolute Gasteiger partial charge is 0.496 e. The number of aryl methyl sites for hydroxylation is 2. The topological polar surface area (TPSA) is 85.2 Å². The fourth-order valence-corrected chi connectivity index (χ4v) is 4.65. The summed E-state index contributed by atoms with van der Waals surface area (Å²) in [6.45, 7) is 0. The number of amides is 2. The van der Waals surface area contributed by atoms with Gasteiger partial charge >= 0.3 is 0 Å². The number of imidazole rings is 1. The first-order valence-electron chi connectivity index (χ1n) is 11.4. The third-order valence-corrected chi connectivity index (χ3v) is 6.59. The summed E-state index contributed by atoms with van der Waals surface area (Å²) in [7, 11) is 3.48. The van der Waals surface area contributed by atoms with Gasteiger partial charge in [0.1, 0.15) is 17.6 Å². The Labute approximate surface area is 208 Å². The van der Waals surface area contributed by atoms with Crippen LogP contribution in [-0.2, 0) is 18.3 Å². The SMILES string of the molecule is COc1ccccc1C(NC(=O)c1cccc(NC(=O)CCCc2cccs2)c1)c1nccn1C. The standard InChI is InChI=1S/C27H28N4O3S/c1-31-16-15-28-26(31)25(22-12-3-4-13-23(22)34-2)30-27(33)19-8-5-9-20(18-19)29-24(32)14-6-10-21-11-7-17-35-21/h3-5,7-9,11-13,15-18,25H,6,10,14H2,1-2H3,(H,29,32)(H,30,33). The van der Waals surface area contributed by atoms with Crippen molar-refractivity contribution in [2.75, 3.05) is 12.4 Å². The molecule has 180 valence electrons. The summed E-state index contributed by atoms with van der Waals surface area (Å²) in [6, 6.07) is 18.1. The zero-order valence-electron chi connectivity index (χ0n) is 19.7. The van der Waals surface area contributed by atoms with Crippen molar-refractivity contribution in [2.24, 2.45) is 7.05 Å². The van der Waals surface area contributed by atoms with Crippen LogP contribution in [0, 0.1) is 0 Å². The summed E-state index contributed by atoms with van der Waals surface area (Å²) in [6.07, 6.45) is 5.60. The molecule has 0 aliphatic heterocycles. The highest BCUT2D eigenvalue weighted by atomic mass is 32.1. The highest BCUT2D eigenvalue weighted by Crippen LogP contribution is 2.29. The van der Waals surface area contributed by atoms with Crippen molar-refractivity contribution in [1.29, 1.82) is 0 Å². The van der Waals surface area contributed by atoms with E-state index < -0.39 is 6.04 Å². The van der Waals surface area contributed by atoms with E-state index in [9.17, 15) is 9.59 Å². The van der Waals surface area contributed by atoms with Gasteiger partial charge in [0.25, 0.3) is 5.91 Å². The molecule has 8 heteroatoms. The molecule has 2 aromatic carbocycles. The summed E-state index contributed by atoms with van der Waals surface area (Å²) < 4.78 is 7.40. The number of ether oxygens (including phenoxy) is 1. The van der Waals surface area contributed by atoms with Crippen molar-refractivity contribution in [3.63, 3.8) is 0 Å². The van der Waals surface area contributed by atoms with Crippen molar-refractivity contribution in [1.82, 2.24) is 14.9 Å². The van der Waals surface area contributed by atoms with Crippen molar-refractivity contribution < 1.29 is 14.3 Å². The first-order chi connectivity index (χ1) is 17.0. The molecule has 2 heterocycles. The van der Waals surface area contributed by atoms with Gasteiger partial charge in [-0.3, -0.25) is 9.59 Å². The Morgan fingerprint density at radius 3 is 2.71 bits per heavy atom. The van der Waals surface area contributed by atoms with Gasteiger partial charge in [-0.2, -0.15) is 0 Å². The van der Waals surface area contributed by atoms with Crippen LogP contribution in [0.1, 0.15) is 45.5 Å². The Hall–Kier alpha value is -3.91. The normalized spacial score (nSPS) is 11.6. The minimum absolute atomic E-state index is 0.0703. The molecule has 2 aromatic heterocycles. The van der Waals surface area contributed by atoms with Crippen LogP contribution in [0.4, 0.5) is 5.69 Å². The highest BCUT2D eigenvalue weighted by molar-refractivity contribution is 7.09. The molecule has 4 aromatic rings. The van der Waals surface area contributed by atoms with E-state index in [0.29, 0.717) is 29.2 Å². The van der Waals surface area contributed by atoms with E-state index in [1.54, 1.807) is 48.9 Å². The van der Waals surface area contributed by atoms with Crippen molar-refractivity contribution in [2.45, 2.75) is 25.3 Å². The molecule has 0 spiro atoms. The molecule has 0 radical (unpaired) electrons. The van der Waals surface area contributed by atoms with Gasteiger partial charge in [-0.25, -0.2) is 4.98 Å². The summed E-state index contributed by atoms with van der Waals surface area (Å²) >= 11 is 1.70. The molecule has 0 aliphatic carbocycles. The Morgan fingerprint density at radius 2 is 1.97 bits per heavy atom. The first kappa shape index (κ1) is 24.2. The van der Waals surface area contributed by atoms with Crippen LogP contribution in [0.3, 0.4) is 0 Å². The number of nitrogens with one attached hydrogen (secondary N) is 2. The van der Waals surface area contributed by atoms with Crippen LogP contribution in [0.15, 0.2) is 78.4 Å². The summed E-state index contributed by atoms with van der Waals surface area (Å²) in [5.74, 6) is 0.985. The predicted molar refractivity (Wildman–Crippen MR) is 138 cm³/mol. The molecule has 1 unspecified atom stereocenters. The quantitative estimate of drug-likeness (QED) is 0.330. The lowest BCUT2D eigenvalue weighted by molar-refractivity contribution is -0.116. The van der Waals surface area contributed by atoms with Crippen LogP contribution in [-0.4, -0.2) is 28.5 Å². The minimum Gasteiger partial charge on any atom is -0.496 e. The molecule has 0 bridgehead atoms. The number of thiophene rings is 1. The van der Waals surface area contributed by atoms with Gasteiger partial charge in [0, 0.05) is 47.6 Å². The van der Waals surface area contributed by atoms with Crippen molar-refractivity contribution in [3.05, 3.63) is 100 Å². The van der Waals surface area contributed by atoms with Crippen molar-refractivity contribution >= 4 is 28.8 Å². The van der Waals surface area contributed by atoms with Gasteiger partial charge in [0.15, 0.2) is 0 Å². The molecule has 0 saturated carbocycles. The number of carbonyl (C=O) groups is 2. The molecule has 1 atom stereocenters. The van der Waals surface area contributed by atoms with Gasteiger partial charge < -0.3 is 19.9 Å². The number of hydrogen-bond acceptors (Lipinski definition) is 5. The zero-order valence-corrected chi connectivity index (χ0v) is 20.5. The first-order valence-corrected chi connectivity index (χ1v) is 12.3. The molecule has 0 fully saturated rings. The monoisotopic (exact) mass is 488 g/mol. The number of nitrogens with zero attached hydrogens (tertiary/aromatic N) is 2. The number of carbonyl (C=O) groups excluding carboxylic acids is 2. The average Bonchev–Trinajstić information content (AvgIpc) is 3.54. The van der Waals surface area contributed by atoms with Crippen LogP contribution < -0.4 is 15.4 Å². The van der Waals surface area contributed by atoms with Gasteiger partial charge in [-0.15, -0.1) is 11.3 Å². The van der Waals surface area contributed by atoms with Crippen LogP contribution >= 0.6 is 11.3 Å². The third kappa shape index (κ3) is 6.16. The van der Waals surface area contributed by atoms with E-state index in [1.807, 2.05) is 53.5 Å². The molecule has 0 aliphatic rings. The van der Waals surface area contributed by atoms with E-state index in [4.69, 9.17) is 4.74 Å². The lowest BCUT2D eigenvalue weighted by atomic mass is 10.0. The van der Waals surface area contributed by atoms with Crippen molar-refractivity contribution in [3.8, 4) is 5.75 Å². The Bertz CT molecular complexity index is 1280. The zero-order chi connectivity index (χ0) is 24.6. The lowest BCUT2D eigenvalue weighted by Crippen LogP contribution is -2.31. The maximum absolute atomic E-state index is 13.3. The summed E-state index contributed by atoms with van der Waals surface area (Å²) in [5, 5.41) is 8.03. The second kappa shape index (κ2) is 11.5. The fraction of sp³-hybridized carbons (Fsp3) is 0.222. The molecule has 7 nitrogen and oxygen atoms in total. The van der Waals surface area contributed by atoms with Gasteiger partial charge in [0.2, 0.25) is 5.91 Å². The molecule has 4 rings (SSSR count). The second-order valence-corrected chi connectivity index (χ2v) is 9.14. The van der Waals surface area contributed by atoms with Gasteiger partial charge in [-0.1, -0.05) is 30.3 Å². The maximum Gasteiger partial charge on any atom is 0.252 e. The number of rotatable bonds is 10. The lowest BCUT2D eigenvalue weighted by Gasteiger charge is -2.21. The minimum atomic E-state index is -0.519. The Balaban J connectivity index is 1.46. The fourth-order valence-electron chi connectivity index (χ4n) is 3.90. The smallest absolute Gasteiger partial charge is 0.252 e. The number of anilines is 1. The van der Waals surface area contributed by atoms with E-state index >= 15 is 0 Å². The molecule has 2 amide bonds. The van der Waals surface area contributed by atoms with Gasteiger partial charge in [0.05, 0.1) is 7.11 Å². The number of methoxy groups -OCH3 is 1. The number of benzene rings is 2. The Morgan fingerprint density at radius 1 is 1.11 bits per heavy atom. The van der Waals surface area contributed by atoms with E-state index in [-0.39, 0.29) is 11.8 Å². The molecule has 35 heavy (non-hydrogen) atoms. The maximum atomic E-state index is 13.3. The number of hydrogen-bond donors (Lipinski definition) is 2. The predicted octanol–water partition coefficient (Wildman–Crippen LogP) is 4.97. The molecular weight excluding hydrogens is 460 g/mol. The van der Waals surface area contributed by atoms with Crippen LogP contribution in [0.5, 0.6) is 5.75 Å². The van der Waals surface area contributed by atoms with Crippen LogP contribution in [0.25, 0.3) is 0 Å². The number of para-hydroxylation sites is 1. The second-order valence-electron chi connectivity index (χ2n) is 8.11. The number of aromatic nitrogens is 2. The molecular formula is C27H28N4O3S. The highest BCUT2D eigenvalue weighted by Gasteiger charge is 2.24. The van der Waals surface area contributed by atoms with E-state index in [2.05, 4.69) is 21.7 Å². The summed E-state index contributed by atoms with van der Waals surface area (Å²) in [5.41, 5.74) is 1.83.